The maximum atomic E-state index is 10.1. The Morgan fingerprint density at radius 1 is 0.517 bits per heavy atom. The van der Waals surface area contributed by atoms with Crippen molar-refractivity contribution in [2.75, 3.05) is 9.80 Å². The van der Waals surface area contributed by atoms with Crippen molar-refractivity contribution in [3.05, 3.63) is 212 Å². The summed E-state index contributed by atoms with van der Waals surface area (Å²) in [5.41, 5.74) is 7.24. The molecule has 0 saturated heterocycles. The normalized spacial score (nSPS) is 10.4. The first-order valence-corrected chi connectivity index (χ1v) is 18.2. The summed E-state index contributed by atoms with van der Waals surface area (Å²) in [7, 11) is 0. The van der Waals surface area contributed by atoms with Gasteiger partial charge < -0.3 is 5.11 Å². The predicted molar refractivity (Wildman–Crippen MR) is 225 cm³/mol. The number of anilines is 6. The molecular weight excluding hydrogens is 899 g/mol. The molecule has 3 heterocycles. The molecule has 9 rings (SSSR count). The molecule has 0 aliphatic heterocycles. The molecule has 0 spiro atoms. The Balaban J connectivity index is 0.000000455. The van der Waals surface area contributed by atoms with Crippen LogP contribution in [0.2, 0.25) is 0 Å². The van der Waals surface area contributed by atoms with E-state index in [2.05, 4.69) is 81.5 Å². The maximum absolute atomic E-state index is 10.1. The second kappa shape index (κ2) is 18.5. The van der Waals surface area contributed by atoms with Crippen molar-refractivity contribution >= 4 is 51.5 Å². The first-order valence-electron chi connectivity index (χ1n) is 18.2. The van der Waals surface area contributed by atoms with Crippen LogP contribution in [0.4, 0.5) is 34.6 Å². The van der Waals surface area contributed by atoms with Crippen molar-refractivity contribution < 1.29 is 30.0 Å². The van der Waals surface area contributed by atoms with Crippen LogP contribution in [0, 0.1) is 6.07 Å². The summed E-state index contributed by atoms with van der Waals surface area (Å²) in [6.45, 7) is 0. The average molecular weight is 933 g/mol. The molecule has 283 valence electrons. The van der Waals surface area contributed by atoms with Gasteiger partial charge in [0, 0.05) is 49.1 Å². The van der Waals surface area contributed by atoms with E-state index in [0.717, 1.165) is 50.5 Å². The van der Waals surface area contributed by atoms with Crippen LogP contribution in [0.25, 0.3) is 33.5 Å². The van der Waals surface area contributed by atoms with Crippen LogP contribution in [-0.4, -0.2) is 36.0 Å². The van der Waals surface area contributed by atoms with Crippen molar-refractivity contribution in [2.24, 2.45) is 0 Å². The van der Waals surface area contributed by atoms with Gasteiger partial charge in [0.2, 0.25) is 11.9 Å². The van der Waals surface area contributed by atoms with Gasteiger partial charge in [-0.15, -0.1) is 29.8 Å². The van der Waals surface area contributed by atoms with Crippen LogP contribution < -0.4 is 9.80 Å². The van der Waals surface area contributed by atoms with Crippen molar-refractivity contribution in [2.45, 2.75) is 0 Å². The summed E-state index contributed by atoms with van der Waals surface area (Å²) in [6.07, 6.45) is 1.45. The van der Waals surface area contributed by atoms with E-state index in [1.54, 1.807) is 12.1 Å². The van der Waals surface area contributed by atoms with Gasteiger partial charge in [-0.3, -0.25) is 14.8 Å². The number of rotatable bonds is 9. The minimum atomic E-state index is -0.990. The number of carbonyl (C=O) groups is 1. The number of para-hydroxylation sites is 5. The molecule has 0 aliphatic carbocycles. The Bertz CT molecular complexity index is 2550. The first-order chi connectivity index (χ1) is 28.1. The van der Waals surface area contributed by atoms with Gasteiger partial charge in [0.1, 0.15) is 11.5 Å². The monoisotopic (exact) mass is 933 g/mol. The zero-order valence-electron chi connectivity index (χ0n) is 30.9. The third-order valence-electron chi connectivity index (χ3n) is 8.89. The predicted octanol–water partition coefficient (Wildman–Crippen LogP) is 11.3. The van der Waals surface area contributed by atoms with E-state index in [0.29, 0.717) is 17.7 Å². The molecule has 0 bridgehead atoms. The van der Waals surface area contributed by atoms with E-state index >= 15 is 0 Å². The van der Waals surface area contributed by atoms with Gasteiger partial charge in [0.05, 0.1) is 5.52 Å². The fraction of sp³-hybridized carbons (Fsp3) is 0. The third-order valence-corrected chi connectivity index (χ3v) is 8.89. The Hall–Kier alpha value is -7.39. The summed E-state index contributed by atoms with van der Waals surface area (Å²) in [5, 5.41) is 9.41. The number of carboxylic acid groups (broad SMARTS) is 1. The summed E-state index contributed by atoms with van der Waals surface area (Å²) in [4.78, 5) is 38.3. The second-order valence-electron chi connectivity index (χ2n) is 12.7. The third kappa shape index (κ3) is 9.01. The fourth-order valence-corrected chi connectivity index (χ4v) is 6.21. The fourth-order valence-electron chi connectivity index (χ4n) is 6.21. The summed E-state index contributed by atoms with van der Waals surface area (Å²) in [6, 6.07) is 67.0. The number of fused-ring (bicyclic) bond motifs is 1. The molecule has 9 nitrogen and oxygen atoms in total. The van der Waals surface area contributed by atoms with Gasteiger partial charge in [-0.2, -0.15) is 15.0 Å². The van der Waals surface area contributed by atoms with Gasteiger partial charge in [0.25, 0.3) is 0 Å². The maximum Gasteiger partial charge on any atom is 0.354 e. The number of benzene rings is 6. The van der Waals surface area contributed by atoms with Crippen LogP contribution in [0.3, 0.4) is 0 Å². The molecule has 3 aromatic heterocycles. The van der Waals surface area contributed by atoms with Gasteiger partial charge in [-0.25, -0.2) is 9.78 Å². The van der Waals surface area contributed by atoms with Crippen LogP contribution >= 0.6 is 0 Å². The molecule has 6 aromatic carbocycles. The van der Waals surface area contributed by atoms with E-state index in [1.807, 2.05) is 115 Å². The van der Waals surface area contributed by atoms with E-state index in [1.165, 1.54) is 12.3 Å². The van der Waals surface area contributed by atoms with Gasteiger partial charge in [-0.05, 0) is 77.8 Å². The van der Waals surface area contributed by atoms with Gasteiger partial charge in [-0.1, -0.05) is 115 Å². The Morgan fingerprint density at radius 3 is 1.50 bits per heavy atom. The van der Waals surface area contributed by atoms with Crippen molar-refractivity contribution in [3.63, 3.8) is 0 Å². The smallest absolute Gasteiger partial charge is 0.354 e. The number of hydrogen-bond acceptors (Lipinski definition) is 8. The van der Waals surface area contributed by atoms with Crippen LogP contribution in [0.15, 0.2) is 200 Å². The number of carboxylic acids is 1. The Kier molecular flexibility index (Phi) is 12.4. The van der Waals surface area contributed by atoms with Crippen molar-refractivity contribution in [1.82, 2.24) is 24.9 Å². The number of aromatic carboxylic acids is 1. The van der Waals surface area contributed by atoms with Gasteiger partial charge >= 0.3 is 5.97 Å². The van der Waals surface area contributed by atoms with E-state index in [4.69, 9.17) is 25.0 Å². The molecule has 1 N–H and O–H groups in total. The minimum absolute atomic E-state index is 0. The van der Waals surface area contributed by atoms with E-state index < -0.39 is 5.97 Å². The molecule has 10 heteroatoms. The number of hydrogen-bond donors (Lipinski definition) is 1. The first kappa shape index (κ1) is 38.9. The molecule has 0 amide bonds. The molecule has 1 radical (unpaired) electrons. The molecule has 0 fully saturated rings. The molecule has 0 saturated carbocycles. The number of aromatic nitrogens is 5. The minimum Gasteiger partial charge on any atom is -0.477 e. The summed E-state index contributed by atoms with van der Waals surface area (Å²) in [5.74, 6) is 0.514. The van der Waals surface area contributed by atoms with Crippen molar-refractivity contribution in [3.8, 4) is 22.6 Å². The van der Waals surface area contributed by atoms with Crippen LogP contribution in [-0.2, 0) is 20.1 Å². The summed E-state index contributed by atoms with van der Waals surface area (Å²) >= 11 is 0. The molecule has 0 atom stereocenters. The Morgan fingerprint density at radius 2 is 1.02 bits per heavy atom. The van der Waals surface area contributed by atoms with Crippen LogP contribution in [0.1, 0.15) is 10.5 Å². The zero-order chi connectivity index (χ0) is 38.8. The molecule has 0 unspecified atom stereocenters. The number of nitrogens with zero attached hydrogens (tertiary/aromatic N) is 7. The van der Waals surface area contributed by atoms with Gasteiger partial charge in [0.15, 0.2) is 0 Å². The quantitative estimate of drug-likeness (QED) is 0.142. The average Bonchev–Trinajstić information content (AvgIpc) is 3.28. The summed E-state index contributed by atoms with van der Waals surface area (Å²) < 4.78 is 0. The molecule has 0 aliphatic rings. The van der Waals surface area contributed by atoms with E-state index in [-0.39, 0.29) is 25.8 Å². The number of pyridine rings is 2. The largest absolute Gasteiger partial charge is 0.477 e. The molecule has 58 heavy (non-hydrogen) atoms. The second-order valence-corrected chi connectivity index (χ2v) is 12.7. The zero-order valence-corrected chi connectivity index (χ0v) is 33.3. The van der Waals surface area contributed by atoms with Crippen LogP contribution in [0.5, 0.6) is 0 Å². The van der Waals surface area contributed by atoms with E-state index in [9.17, 15) is 4.79 Å². The standard InChI is InChI=1S/C42H29N6.C6H5NO2.Ir/c1-5-19-34(20-6-1)47(35-21-7-2-8-22-35)41-44-40(33-18-15-17-32(30-33)39-29-28-31-16-13-14-27-38(31)43-39)45-42(46-41)48(36-23-9-3-10-24-36)37-25-11-4-12-26-37;8-6(9)5-3-1-2-4-7-5;/h1-16,18-30H;1-4H,(H,8,9);/q-1;;. The topological polar surface area (TPSA) is 108 Å². The Labute approximate surface area is 349 Å². The SMILES string of the molecule is O=C(O)c1ccccn1.[Ir].[c-]1ccc(-c2nc(N(c3ccccc3)c3ccccc3)nc(N(c3ccccc3)c3ccccc3)n2)cc1-c1ccc2ccccc2n1. The molecule has 9 aromatic rings. The van der Waals surface area contributed by atoms with Crippen molar-refractivity contribution in [1.29, 1.82) is 0 Å². The molecular formula is C48H34IrN7O2-.